The van der Waals surface area contributed by atoms with Crippen LogP contribution in [0.3, 0.4) is 0 Å². The molecule has 0 saturated heterocycles. The lowest BCUT2D eigenvalue weighted by atomic mass is 9.85. The van der Waals surface area contributed by atoms with Gasteiger partial charge in [-0.05, 0) is 75.1 Å². The summed E-state index contributed by atoms with van der Waals surface area (Å²) in [5.41, 5.74) is 2.73. The monoisotopic (exact) mass is 479 g/mol. The minimum absolute atomic E-state index is 0.0512. The fraction of sp³-hybridized carbons (Fsp3) is 0.444. The molecule has 0 amide bonds. The Balaban J connectivity index is 1.69. The lowest BCUT2D eigenvalue weighted by Gasteiger charge is -2.31. The maximum Gasteiger partial charge on any atom is 0.192 e. The molecule has 180 valence electrons. The summed E-state index contributed by atoms with van der Waals surface area (Å²) in [5, 5.41) is 10.2. The van der Waals surface area contributed by atoms with Crippen molar-refractivity contribution < 1.29 is 14.3 Å². The van der Waals surface area contributed by atoms with Crippen LogP contribution in [-0.2, 0) is 5.75 Å². The van der Waals surface area contributed by atoms with E-state index in [-0.39, 0.29) is 5.78 Å². The van der Waals surface area contributed by atoms with E-state index >= 15 is 0 Å². The maximum atomic E-state index is 12.0. The Kier molecular flexibility index (Phi) is 7.93. The van der Waals surface area contributed by atoms with Gasteiger partial charge < -0.3 is 9.47 Å². The summed E-state index contributed by atoms with van der Waals surface area (Å²) in [6.45, 7) is 6.47. The Labute approximate surface area is 206 Å². The molecule has 1 saturated carbocycles. The van der Waals surface area contributed by atoms with Crippen LogP contribution in [0, 0.1) is 5.92 Å². The zero-order valence-corrected chi connectivity index (χ0v) is 21.2. The van der Waals surface area contributed by atoms with E-state index in [4.69, 9.17) is 9.47 Å². The van der Waals surface area contributed by atoms with Crippen molar-refractivity contribution in [3.05, 3.63) is 53.6 Å². The molecule has 1 aliphatic carbocycles. The van der Waals surface area contributed by atoms with E-state index in [1.54, 1.807) is 25.8 Å². The van der Waals surface area contributed by atoms with E-state index in [1.165, 1.54) is 19.3 Å². The van der Waals surface area contributed by atoms with Crippen LogP contribution in [0.15, 0.2) is 47.6 Å². The van der Waals surface area contributed by atoms with Gasteiger partial charge in [-0.3, -0.25) is 9.36 Å². The van der Waals surface area contributed by atoms with Gasteiger partial charge in [-0.2, -0.15) is 0 Å². The van der Waals surface area contributed by atoms with Gasteiger partial charge in [0.05, 0.1) is 13.7 Å². The number of hydrogen-bond donors (Lipinski definition) is 0. The van der Waals surface area contributed by atoms with Crippen LogP contribution in [-0.4, -0.2) is 34.3 Å². The van der Waals surface area contributed by atoms with E-state index in [1.807, 2.05) is 49.4 Å². The number of thioether (sulfide) groups is 1. The Morgan fingerprint density at radius 2 is 1.88 bits per heavy atom. The second kappa shape index (κ2) is 11.1. The van der Waals surface area contributed by atoms with Crippen molar-refractivity contribution in [2.24, 2.45) is 5.92 Å². The highest BCUT2D eigenvalue weighted by atomic mass is 32.2. The number of aromatic nitrogens is 3. The Morgan fingerprint density at radius 3 is 2.56 bits per heavy atom. The number of methoxy groups -OCH3 is 1. The first-order valence-corrected chi connectivity index (χ1v) is 13.0. The lowest BCUT2D eigenvalue weighted by Crippen LogP contribution is -2.22. The van der Waals surface area contributed by atoms with Crippen LogP contribution in [0.2, 0.25) is 0 Å². The van der Waals surface area contributed by atoms with Gasteiger partial charge in [-0.15, -0.1) is 10.2 Å². The van der Waals surface area contributed by atoms with Gasteiger partial charge in [0.25, 0.3) is 0 Å². The molecule has 0 bridgehead atoms. The van der Waals surface area contributed by atoms with Crippen molar-refractivity contribution in [1.29, 1.82) is 0 Å². The molecular weight excluding hydrogens is 446 g/mol. The molecule has 6 nitrogen and oxygen atoms in total. The fourth-order valence-electron chi connectivity index (χ4n) is 4.64. The third-order valence-electron chi connectivity index (χ3n) is 6.53. The topological polar surface area (TPSA) is 66.2 Å². The third kappa shape index (κ3) is 5.30. The number of carbonyl (C=O) groups excluding carboxylic acids is 1. The van der Waals surface area contributed by atoms with E-state index in [0.29, 0.717) is 29.9 Å². The molecule has 34 heavy (non-hydrogen) atoms. The molecule has 1 aromatic heterocycles. The summed E-state index contributed by atoms with van der Waals surface area (Å²) >= 11 is 1.65. The van der Waals surface area contributed by atoms with E-state index in [2.05, 4.69) is 21.7 Å². The van der Waals surface area contributed by atoms with Gasteiger partial charge in [0.15, 0.2) is 16.8 Å². The van der Waals surface area contributed by atoms with Crippen molar-refractivity contribution in [2.45, 2.75) is 63.4 Å². The molecule has 7 heteroatoms. The average molecular weight is 480 g/mol. The number of ether oxygens (including phenoxy) is 2. The summed E-state index contributed by atoms with van der Waals surface area (Å²) in [4.78, 5) is 12.0. The summed E-state index contributed by atoms with van der Waals surface area (Å²) < 4.78 is 13.5. The average Bonchev–Trinajstić information content (AvgIpc) is 3.27. The Bertz CT molecular complexity index is 1130. The van der Waals surface area contributed by atoms with Crippen LogP contribution >= 0.6 is 11.8 Å². The number of ketones is 1. The maximum absolute atomic E-state index is 12.0. The third-order valence-corrected chi connectivity index (χ3v) is 7.53. The first-order chi connectivity index (χ1) is 16.5. The second-order valence-electron chi connectivity index (χ2n) is 8.83. The summed E-state index contributed by atoms with van der Waals surface area (Å²) in [7, 11) is 1.67. The van der Waals surface area contributed by atoms with Gasteiger partial charge in [0.1, 0.15) is 11.5 Å². The predicted octanol–water partition coefficient (Wildman–Crippen LogP) is 6.60. The molecule has 3 aromatic rings. The number of benzene rings is 2. The van der Waals surface area contributed by atoms with Crippen LogP contribution < -0.4 is 9.47 Å². The molecule has 1 aliphatic rings. The SMILES string of the molecule is CCOc1ccc(C(C)=O)cc1CSc1nnc(-c2ccc(OC)cc2)n1[C@H]1CCCC[C@H]1C. The lowest BCUT2D eigenvalue weighted by molar-refractivity contribution is 0.101. The zero-order valence-electron chi connectivity index (χ0n) is 20.4. The van der Waals surface area contributed by atoms with Gasteiger partial charge in [0, 0.05) is 28.5 Å². The first kappa shape index (κ1) is 24.3. The highest BCUT2D eigenvalue weighted by molar-refractivity contribution is 7.98. The van der Waals surface area contributed by atoms with Crippen molar-refractivity contribution in [3.8, 4) is 22.9 Å². The predicted molar refractivity (Wildman–Crippen MR) is 136 cm³/mol. The minimum Gasteiger partial charge on any atom is -0.497 e. The highest BCUT2D eigenvalue weighted by Crippen LogP contribution is 2.40. The van der Waals surface area contributed by atoms with Crippen molar-refractivity contribution in [3.63, 3.8) is 0 Å². The summed E-state index contributed by atoms with van der Waals surface area (Å²) in [5.74, 6) is 3.79. The quantitative estimate of drug-likeness (QED) is 0.254. The van der Waals surface area contributed by atoms with Gasteiger partial charge in [-0.1, -0.05) is 31.5 Å². The van der Waals surface area contributed by atoms with Gasteiger partial charge in [0.2, 0.25) is 0 Å². The zero-order chi connectivity index (χ0) is 24.1. The van der Waals surface area contributed by atoms with Crippen molar-refractivity contribution in [1.82, 2.24) is 14.8 Å². The van der Waals surface area contributed by atoms with Gasteiger partial charge >= 0.3 is 0 Å². The second-order valence-corrected chi connectivity index (χ2v) is 9.78. The molecule has 0 aliphatic heterocycles. The number of hydrogen-bond acceptors (Lipinski definition) is 6. The number of rotatable bonds is 9. The number of carbonyl (C=O) groups is 1. The Hall–Kier alpha value is -2.80. The number of nitrogens with zero attached hydrogens (tertiary/aromatic N) is 3. The van der Waals surface area contributed by atoms with Crippen LogP contribution in [0.5, 0.6) is 11.5 Å². The smallest absolute Gasteiger partial charge is 0.192 e. The minimum atomic E-state index is 0.0512. The molecule has 0 spiro atoms. The normalized spacial score (nSPS) is 18.0. The number of Topliss-reactive ketones (excluding diaryl/α,β-unsaturated/α-hetero) is 1. The Morgan fingerprint density at radius 1 is 1.12 bits per heavy atom. The standard InChI is InChI=1S/C27H33N3O3S/c1-5-33-25-15-12-21(19(3)31)16-22(25)17-34-27-29-28-26(20-10-13-23(32-4)14-11-20)30(27)24-9-7-6-8-18(24)2/h10-16,18,24H,5-9,17H2,1-4H3/t18-,24+/m1/s1. The molecular formula is C27H33N3O3S. The highest BCUT2D eigenvalue weighted by Gasteiger charge is 2.29. The molecule has 4 rings (SSSR count). The molecule has 1 heterocycles. The van der Waals surface area contributed by atoms with Crippen molar-refractivity contribution >= 4 is 17.5 Å². The first-order valence-electron chi connectivity index (χ1n) is 12.0. The summed E-state index contributed by atoms with van der Waals surface area (Å²) in [6, 6.07) is 14.0. The molecule has 2 aromatic carbocycles. The van der Waals surface area contributed by atoms with E-state index < -0.39 is 0 Å². The van der Waals surface area contributed by atoms with Crippen molar-refractivity contribution in [2.75, 3.05) is 13.7 Å². The fourth-order valence-corrected chi connectivity index (χ4v) is 5.61. The molecule has 2 atom stereocenters. The molecule has 0 radical (unpaired) electrons. The van der Waals surface area contributed by atoms with Crippen LogP contribution in [0.1, 0.15) is 68.4 Å². The molecule has 0 N–H and O–H groups in total. The molecule has 1 fully saturated rings. The van der Waals surface area contributed by atoms with Gasteiger partial charge in [-0.25, -0.2) is 0 Å². The van der Waals surface area contributed by atoms with E-state index in [0.717, 1.165) is 40.0 Å². The van der Waals surface area contributed by atoms with E-state index in [9.17, 15) is 4.79 Å². The molecule has 0 unspecified atom stereocenters. The largest absolute Gasteiger partial charge is 0.497 e. The van der Waals surface area contributed by atoms with Crippen LogP contribution in [0.25, 0.3) is 11.4 Å². The van der Waals surface area contributed by atoms with Crippen LogP contribution in [0.4, 0.5) is 0 Å². The summed E-state index contributed by atoms with van der Waals surface area (Å²) in [6.07, 6.45) is 4.83.